The summed E-state index contributed by atoms with van der Waals surface area (Å²) >= 11 is 0. The molecule has 1 atom stereocenters. The monoisotopic (exact) mass is 248 g/mol. The number of nitrogens with zero attached hydrogens (tertiary/aromatic N) is 1. The van der Waals surface area contributed by atoms with Gasteiger partial charge in [0.25, 0.3) is 5.69 Å². The van der Waals surface area contributed by atoms with Gasteiger partial charge in [-0.3, -0.25) is 10.1 Å². The molecule has 1 aliphatic rings. The van der Waals surface area contributed by atoms with Crippen molar-refractivity contribution in [1.29, 1.82) is 0 Å². The van der Waals surface area contributed by atoms with Gasteiger partial charge in [-0.1, -0.05) is 19.3 Å². The maximum atomic E-state index is 10.7. The molecule has 0 heterocycles. The number of benzene rings is 1. The molecule has 1 saturated carbocycles. The fraction of sp³-hybridized carbons (Fsp3) is 0.571. The predicted octanol–water partition coefficient (Wildman–Crippen LogP) is 3.89. The van der Waals surface area contributed by atoms with Crippen LogP contribution in [-0.4, -0.2) is 11.0 Å². The number of nitro benzene ring substituents is 1. The largest absolute Gasteiger partial charge is 0.383 e. The van der Waals surface area contributed by atoms with E-state index < -0.39 is 0 Å². The summed E-state index contributed by atoms with van der Waals surface area (Å²) in [5.41, 5.74) is 1.87. The first-order chi connectivity index (χ1) is 8.56. The van der Waals surface area contributed by atoms with E-state index >= 15 is 0 Å². The lowest BCUT2D eigenvalue weighted by Gasteiger charge is -2.28. The minimum absolute atomic E-state index is 0.187. The van der Waals surface area contributed by atoms with Crippen LogP contribution in [0.15, 0.2) is 18.2 Å². The van der Waals surface area contributed by atoms with E-state index in [-0.39, 0.29) is 10.6 Å². The van der Waals surface area contributed by atoms with Crippen molar-refractivity contribution in [3.8, 4) is 0 Å². The maximum Gasteiger partial charge on any atom is 0.272 e. The number of anilines is 1. The molecule has 2 rings (SSSR count). The van der Waals surface area contributed by atoms with Gasteiger partial charge in [0, 0.05) is 23.4 Å². The van der Waals surface area contributed by atoms with E-state index in [0.29, 0.717) is 11.6 Å². The zero-order chi connectivity index (χ0) is 13.1. The average molecular weight is 248 g/mol. The summed E-state index contributed by atoms with van der Waals surface area (Å²) in [6, 6.07) is 5.65. The van der Waals surface area contributed by atoms with Gasteiger partial charge in [-0.15, -0.1) is 0 Å². The molecule has 0 saturated heterocycles. The van der Waals surface area contributed by atoms with E-state index in [2.05, 4.69) is 12.2 Å². The first-order valence-electron chi connectivity index (χ1n) is 6.58. The molecule has 1 unspecified atom stereocenters. The molecular formula is C14H20N2O2. The van der Waals surface area contributed by atoms with E-state index in [1.165, 1.54) is 25.7 Å². The fourth-order valence-corrected chi connectivity index (χ4v) is 2.52. The van der Waals surface area contributed by atoms with Crippen LogP contribution in [0.4, 0.5) is 11.4 Å². The number of aryl methyl sites for hydroxylation is 1. The topological polar surface area (TPSA) is 55.2 Å². The Morgan fingerprint density at radius 1 is 1.50 bits per heavy atom. The van der Waals surface area contributed by atoms with E-state index in [0.717, 1.165) is 11.6 Å². The molecule has 18 heavy (non-hydrogen) atoms. The molecule has 1 fully saturated rings. The lowest BCUT2D eigenvalue weighted by molar-refractivity contribution is -0.385. The molecular weight excluding hydrogens is 228 g/mol. The number of hydrogen-bond donors (Lipinski definition) is 1. The zero-order valence-corrected chi connectivity index (χ0v) is 11.0. The SMILES string of the molecule is Cc1cc(NC(C)CC2CCC2)ccc1[N+](=O)[O-]. The second kappa shape index (κ2) is 5.38. The van der Waals surface area contributed by atoms with Crippen LogP contribution in [-0.2, 0) is 0 Å². The van der Waals surface area contributed by atoms with E-state index in [1.807, 2.05) is 6.07 Å². The van der Waals surface area contributed by atoms with Crippen LogP contribution in [0.2, 0.25) is 0 Å². The molecule has 1 aromatic carbocycles. The molecule has 1 N–H and O–H groups in total. The predicted molar refractivity (Wildman–Crippen MR) is 72.9 cm³/mol. The Morgan fingerprint density at radius 3 is 2.72 bits per heavy atom. The molecule has 0 aromatic heterocycles. The zero-order valence-electron chi connectivity index (χ0n) is 11.0. The van der Waals surface area contributed by atoms with Gasteiger partial charge in [0.2, 0.25) is 0 Å². The van der Waals surface area contributed by atoms with E-state index in [9.17, 15) is 10.1 Å². The summed E-state index contributed by atoms with van der Waals surface area (Å²) in [6.45, 7) is 3.95. The van der Waals surface area contributed by atoms with Crippen LogP contribution in [0.25, 0.3) is 0 Å². The molecule has 0 radical (unpaired) electrons. The standard InChI is InChI=1S/C14H20N2O2/c1-10-8-13(6-7-14(10)16(17)18)15-11(2)9-12-4-3-5-12/h6-8,11-12,15H,3-5,9H2,1-2H3. The molecule has 4 heteroatoms. The van der Waals surface area contributed by atoms with Crippen molar-refractivity contribution in [2.24, 2.45) is 5.92 Å². The summed E-state index contributed by atoms with van der Waals surface area (Å²) in [5, 5.41) is 14.2. The van der Waals surface area contributed by atoms with Gasteiger partial charge in [-0.05, 0) is 38.3 Å². The Bertz CT molecular complexity index is 441. The Morgan fingerprint density at radius 2 is 2.22 bits per heavy atom. The van der Waals surface area contributed by atoms with Crippen LogP contribution in [0, 0.1) is 23.0 Å². The van der Waals surface area contributed by atoms with E-state index in [4.69, 9.17) is 0 Å². The third-order valence-corrected chi connectivity index (χ3v) is 3.72. The van der Waals surface area contributed by atoms with E-state index in [1.54, 1.807) is 19.1 Å². The molecule has 0 bridgehead atoms. The number of nitrogens with one attached hydrogen (secondary N) is 1. The van der Waals surface area contributed by atoms with Gasteiger partial charge in [0.15, 0.2) is 0 Å². The molecule has 4 nitrogen and oxygen atoms in total. The first-order valence-corrected chi connectivity index (χ1v) is 6.58. The van der Waals surface area contributed by atoms with Gasteiger partial charge >= 0.3 is 0 Å². The third-order valence-electron chi connectivity index (χ3n) is 3.72. The van der Waals surface area contributed by atoms with Crippen molar-refractivity contribution in [2.75, 3.05) is 5.32 Å². The van der Waals surface area contributed by atoms with Crippen LogP contribution in [0.5, 0.6) is 0 Å². The molecule has 1 aromatic rings. The fourth-order valence-electron chi connectivity index (χ4n) is 2.52. The number of nitro groups is 1. The lowest BCUT2D eigenvalue weighted by Crippen LogP contribution is -2.23. The average Bonchev–Trinajstić information content (AvgIpc) is 2.23. The van der Waals surface area contributed by atoms with Crippen molar-refractivity contribution in [2.45, 2.75) is 45.6 Å². The molecule has 1 aliphatic carbocycles. The second-order valence-electron chi connectivity index (χ2n) is 5.34. The smallest absolute Gasteiger partial charge is 0.272 e. The second-order valence-corrected chi connectivity index (χ2v) is 5.34. The van der Waals surface area contributed by atoms with Crippen LogP contribution < -0.4 is 5.32 Å². The highest BCUT2D eigenvalue weighted by atomic mass is 16.6. The Kier molecular flexibility index (Phi) is 3.84. The maximum absolute atomic E-state index is 10.7. The highest BCUT2D eigenvalue weighted by Gasteiger charge is 2.20. The van der Waals surface area contributed by atoms with Gasteiger partial charge in [-0.2, -0.15) is 0 Å². The third kappa shape index (κ3) is 3.00. The molecule has 0 aliphatic heterocycles. The number of rotatable bonds is 5. The van der Waals surface area contributed by atoms with Crippen molar-refractivity contribution in [3.63, 3.8) is 0 Å². The Labute approximate surface area is 108 Å². The summed E-state index contributed by atoms with van der Waals surface area (Å²) in [5.74, 6) is 0.867. The van der Waals surface area contributed by atoms with Crippen molar-refractivity contribution >= 4 is 11.4 Å². The van der Waals surface area contributed by atoms with Crippen molar-refractivity contribution < 1.29 is 4.92 Å². The highest BCUT2D eigenvalue weighted by Crippen LogP contribution is 2.31. The summed E-state index contributed by atoms with van der Waals surface area (Å²) in [4.78, 5) is 10.4. The summed E-state index contributed by atoms with van der Waals surface area (Å²) < 4.78 is 0. The van der Waals surface area contributed by atoms with Gasteiger partial charge < -0.3 is 5.32 Å². The van der Waals surface area contributed by atoms with Crippen LogP contribution in [0.3, 0.4) is 0 Å². The Balaban J connectivity index is 1.96. The summed E-state index contributed by atoms with van der Waals surface area (Å²) in [7, 11) is 0. The lowest BCUT2D eigenvalue weighted by atomic mass is 9.81. The number of hydrogen-bond acceptors (Lipinski definition) is 3. The minimum atomic E-state index is -0.336. The normalized spacial score (nSPS) is 17.0. The molecule has 0 amide bonds. The van der Waals surface area contributed by atoms with Crippen molar-refractivity contribution in [1.82, 2.24) is 0 Å². The van der Waals surface area contributed by atoms with Gasteiger partial charge in [0.05, 0.1) is 4.92 Å². The van der Waals surface area contributed by atoms with Crippen molar-refractivity contribution in [3.05, 3.63) is 33.9 Å². The minimum Gasteiger partial charge on any atom is -0.383 e. The summed E-state index contributed by atoms with van der Waals surface area (Å²) in [6.07, 6.45) is 5.26. The quantitative estimate of drug-likeness (QED) is 0.635. The first kappa shape index (κ1) is 12.9. The molecule has 0 spiro atoms. The highest BCUT2D eigenvalue weighted by molar-refractivity contribution is 5.53. The van der Waals surface area contributed by atoms with Gasteiger partial charge in [-0.25, -0.2) is 0 Å². The van der Waals surface area contributed by atoms with Crippen LogP contribution in [0.1, 0.15) is 38.2 Å². The molecule has 98 valence electrons. The Hall–Kier alpha value is -1.58. The van der Waals surface area contributed by atoms with Crippen LogP contribution >= 0.6 is 0 Å². The van der Waals surface area contributed by atoms with Gasteiger partial charge in [0.1, 0.15) is 0 Å².